The Bertz CT molecular complexity index is 1010. The lowest BCUT2D eigenvalue weighted by Gasteiger charge is -2.25. The summed E-state index contributed by atoms with van der Waals surface area (Å²) >= 11 is -1.72. The summed E-state index contributed by atoms with van der Waals surface area (Å²) in [6.07, 6.45) is 0. The van der Waals surface area contributed by atoms with E-state index in [1.165, 1.54) is 12.1 Å². The van der Waals surface area contributed by atoms with Gasteiger partial charge < -0.3 is 9.87 Å². The van der Waals surface area contributed by atoms with Gasteiger partial charge >= 0.3 is 0 Å². The van der Waals surface area contributed by atoms with Gasteiger partial charge in [0.05, 0.1) is 17.0 Å². The molecule has 1 unspecified atom stereocenters. The van der Waals surface area contributed by atoms with Crippen LogP contribution in [0.4, 0.5) is 29.5 Å². The minimum absolute atomic E-state index is 0.0770. The molecule has 0 aliphatic rings. The van der Waals surface area contributed by atoms with Crippen LogP contribution in [0.5, 0.6) is 0 Å². The lowest BCUT2D eigenvalue weighted by atomic mass is 10.2. The number of hydrogen-bond donors (Lipinski definition) is 1. The highest BCUT2D eigenvalue weighted by Crippen LogP contribution is 2.34. The van der Waals surface area contributed by atoms with Gasteiger partial charge in [-0.1, -0.05) is 0 Å². The second-order valence-electron chi connectivity index (χ2n) is 5.21. The summed E-state index contributed by atoms with van der Waals surface area (Å²) in [6, 6.07) is 9.05. The molecule has 1 amide bonds. The Labute approximate surface area is 158 Å². The minimum Gasteiger partial charge on any atom is -0.755 e. The summed E-state index contributed by atoms with van der Waals surface area (Å²) in [5.74, 6) is -3.87. The molecule has 0 saturated heterocycles. The Morgan fingerprint density at radius 2 is 1.78 bits per heavy atom. The standard InChI is InChI=1S/C17H11F3N2O3S2/c18-12-5-3-10(8-14(12)20)17(23)21-11-4-6-13(19)15(9-11)22(27(24)25)16-2-1-7-26-16/h1-9H,(H,21,23)(H,24,25)/p-1. The number of rotatable bonds is 5. The van der Waals surface area contributed by atoms with E-state index in [-0.39, 0.29) is 21.9 Å². The van der Waals surface area contributed by atoms with Crippen molar-refractivity contribution in [2.75, 3.05) is 9.62 Å². The molecular weight excluding hydrogens is 401 g/mol. The van der Waals surface area contributed by atoms with Crippen LogP contribution in [0.3, 0.4) is 0 Å². The number of halogens is 3. The molecule has 0 aliphatic carbocycles. The van der Waals surface area contributed by atoms with Crippen LogP contribution >= 0.6 is 11.3 Å². The monoisotopic (exact) mass is 411 g/mol. The summed E-state index contributed by atoms with van der Waals surface area (Å²) in [4.78, 5) is 12.2. The first-order chi connectivity index (χ1) is 12.9. The number of hydrogen-bond acceptors (Lipinski definition) is 4. The molecule has 0 bridgehead atoms. The Hall–Kier alpha value is -2.69. The number of carbonyl (C=O) groups excluding carboxylic acids is 1. The van der Waals surface area contributed by atoms with Gasteiger partial charge in [0.25, 0.3) is 5.91 Å². The maximum absolute atomic E-state index is 14.2. The zero-order valence-corrected chi connectivity index (χ0v) is 15.0. The van der Waals surface area contributed by atoms with E-state index in [0.717, 1.165) is 46.0 Å². The van der Waals surface area contributed by atoms with Crippen molar-refractivity contribution in [3.05, 3.63) is 76.9 Å². The van der Waals surface area contributed by atoms with Gasteiger partial charge in [-0.05, 0) is 53.9 Å². The molecule has 3 rings (SSSR count). The van der Waals surface area contributed by atoms with Crippen LogP contribution in [0.2, 0.25) is 0 Å². The maximum atomic E-state index is 14.2. The molecule has 5 nitrogen and oxygen atoms in total. The van der Waals surface area contributed by atoms with Crippen molar-refractivity contribution in [1.82, 2.24) is 0 Å². The minimum atomic E-state index is -2.81. The quantitative estimate of drug-likeness (QED) is 0.635. The lowest BCUT2D eigenvalue weighted by Crippen LogP contribution is -2.20. The van der Waals surface area contributed by atoms with Crippen molar-refractivity contribution in [1.29, 1.82) is 0 Å². The van der Waals surface area contributed by atoms with E-state index in [4.69, 9.17) is 0 Å². The summed E-state index contributed by atoms with van der Waals surface area (Å²) in [6.45, 7) is 0. The Morgan fingerprint density at radius 1 is 1.04 bits per heavy atom. The normalized spacial score (nSPS) is 11.9. The molecule has 0 aliphatic heterocycles. The van der Waals surface area contributed by atoms with Crippen LogP contribution in [0.15, 0.2) is 53.9 Å². The van der Waals surface area contributed by atoms with E-state index < -0.39 is 34.6 Å². The third-order valence-corrected chi connectivity index (χ3v) is 5.12. The third-order valence-electron chi connectivity index (χ3n) is 3.46. The highest BCUT2D eigenvalue weighted by molar-refractivity contribution is 7.81. The van der Waals surface area contributed by atoms with Gasteiger partial charge in [-0.15, -0.1) is 11.3 Å². The number of amides is 1. The van der Waals surface area contributed by atoms with Crippen LogP contribution in [-0.4, -0.2) is 14.7 Å². The van der Waals surface area contributed by atoms with Crippen molar-refractivity contribution < 1.29 is 26.7 Å². The summed E-state index contributed by atoms with van der Waals surface area (Å²) < 4.78 is 64.4. The highest BCUT2D eigenvalue weighted by Gasteiger charge is 2.18. The average molecular weight is 411 g/mol. The third kappa shape index (κ3) is 4.18. The molecule has 0 saturated carbocycles. The fourth-order valence-corrected chi connectivity index (χ4v) is 3.71. The summed E-state index contributed by atoms with van der Waals surface area (Å²) in [5.41, 5.74) is -0.371. The molecule has 1 heterocycles. The molecule has 10 heteroatoms. The van der Waals surface area contributed by atoms with Crippen molar-refractivity contribution in [3.8, 4) is 0 Å². The first-order valence-electron chi connectivity index (χ1n) is 7.36. The predicted molar refractivity (Wildman–Crippen MR) is 96.1 cm³/mol. The largest absolute Gasteiger partial charge is 0.755 e. The van der Waals surface area contributed by atoms with E-state index in [1.54, 1.807) is 11.4 Å². The number of benzene rings is 2. The molecule has 0 fully saturated rings. The summed E-state index contributed by atoms with van der Waals surface area (Å²) in [7, 11) is 0. The van der Waals surface area contributed by atoms with Gasteiger partial charge in [-0.3, -0.25) is 13.3 Å². The van der Waals surface area contributed by atoms with Gasteiger partial charge in [0.1, 0.15) is 10.8 Å². The van der Waals surface area contributed by atoms with Crippen LogP contribution in [0, 0.1) is 17.5 Å². The van der Waals surface area contributed by atoms with Crippen LogP contribution in [0.25, 0.3) is 0 Å². The molecule has 1 aromatic heterocycles. The van der Waals surface area contributed by atoms with E-state index in [9.17, 15) is 26.7 Å². The first kappa shape index (κ1) is 19.1. The van der Waals surface area contributed by atoms with Crippen LogP contribution in [0.1, 0.15) is 10.4 Å². The average Bonchev–Trinajstić information content (AvgIpc) is 3.14. The van der Waals surface area contributed by atoms with E-state index >= 15 is 0 Å². The smallest absolute Gasteiger partial charge is 0.255 e. The molecular formula is C17H10F3N2O3S2-. The van der Waals surface area contributed by atoms with Crippen molar-refractivity contribution in [2.24, 2.45) is 0 Å². The van der Waals surface area contributed by atoms with Gasteiger partial charge in [-0.2, -0.15) is 0 Å². The van der Waals surface area contributed by atoms with Crippen molar-refractivity contribution >= 4 is 44.9 Å². The van der Waals surface area contributed by atoms with Crippen LogP contribution in [-0.2, 0) is 11.3 Å². The molecule has 3 aromatic rings. The molecule has 0 radical (unpaired) electrons. The molecule has 1 atom stereocenters. The van der Waals surface area contributed by atoms with Crippen molar-refractivity contribution in [3.63, 3.8) is 0 Å². The SMILES string of the molecule is O=C(Nc1ccc(F)c(N(c2cccs2)S(=O)[O-])c1)c1ccc(F)c(F)c1. The highest BCUT2D eigenvalue weighted by atomic mass is 32.2. The summed E-state index contributed by atoms with van der Waals surface area (Å²) in [5, 5.41) is 4.28. The van der Waals surface area contributed by atoms with Gasteiger partial charge in [-0.25, -0.2) is 13.2 Å². The second kappa shape index (κ2) is 7.91. The predicted octanol–water partition coefficient (Wildman–Crippen LogP) is 4.35. The number of nitrogens with zero attached hydrogens (tertiary/aromatic N) is 1. The molecule has 0 spiro atoms. The first-order valence-corrected chi connectivity index (χ1v) is 9.27. The van der Waals surface area contributed by atoms with E-state index in [1.807, 2.05) is 0 Å². The lowest BCUT2D eigenvalue weighted by molar-refractivity contribution is 0.102. The van der Waals surface area contributed by atoms with Gasteiger partial charge in [0, 0.05) is 11.3 Å². The zero-order valence-electron chi connectivity index (χ0n) is 13.3. The molecule has 140 valence electrons. The fourth-order valence-electron chi connectivity index (χ4n) is 2.24. The number of carbonyl (C=O) groups is 1. The molecule has 27 heavy (non-hydrogen) atoms. The van der Waals surface area contributed by atoms with Crippen LogP contribution < -0.4 is 9.62 Å². The molecule has 2 aromatic carbocycles. The van der Waals surface area contributed by atoms with Crippen molar-refractivity contribution in [2.45, 2.75) is 0 Å². The van der Waals surface area contributed by atoms with E-state index in [0.29, 0.717) is 0 Å². The fraction of sp³-hybridized carbons (Fsp3) is 0. The number of thiophene rings is 1. The zero-order chi connectivity index (χ0) is 19.6. The molecule has 1 N–H and O–H groups in total. The Morgan fingerprint density at radius 3 is 2.41 bits per heavy atom. The topological polar surface area (TPSA) is 72.5 Å². The van der Waals surface area contributed by atoms with E-state index in [2.05, 4.69) is 5.32 Å². The number of anilines is 3. The number of nitrogens with one attached hydrogen (secondary N) is 1. The maximum Gasteiger partial charge on any atom is 0.255 e. The van der Waals surface area contributed by atoms with Gasteiger partial charge in [0.15, 0.2) is 11.6 Å². The Kier molecular flexibility index (Phi) is 5.59. The van der Waals surface area contributed by atoms with Gasteiger partial charge in [0.2, 0.25) is 0 Å². The Balaban J connectivity index is 1.92. The second-order valence-corrected chi connectivity index (χ2v) is 6.94.